The fourth-order valence-corrected chi connectivity index (χ4v) is 5.88. The van der Waals surface area contributed by atoms with Crippen molar-refractivity contribution in [3.8, 4) is 28.0 Å². The summed E-state index contributed by atoms with van der Waals surface area (Å²) in [4.78, 5) is 0. The molecule has 0 spiro atoms. The molecule has 236 valence electrons. The number of alkyl halides is 2. The summed E-state index contributed by atoms with van der Waals surface area (Å²) in [6, 6.07) is 13.8. The molecule has 0 radical (unpaired) electrons. The molecule has 45 heavy (non-hydrogen) atoms. The lowest BCUT2D eigenvalue weighted by atomic mass is 9.78. The van der Waals surface area contributed by atoms with Gasteiger partial charge in [0.05, 0.1) is 0 Å². The molecule has 1 aliphatic carbocycles. The van der Waals surface area contributed by atoms with Gasteiger partial charge in [-0.05, 0) is 84.4 Å². The van der Waals surface area contributed by atoms with E-state index in [0.29, 0.717) is 41.7 Å². The Morgan fingerprint density at radius 1 is 0.733 bits per heavy atom. The number of benzene rings is 4. The molecule has 0 saturated heterocycles. The van der Waals surface area contributed by atoms with E-state index in [9.17, 15) is 26.3 Å². The second-order valence-electron chi connectivity index (χ2n) is 11.3. The quantitative estimate of drug-likeness (QED) is 0.0999. The van der Waals surface area contributed by atoms with Gasteiger partial charge >= 0.3 is 6.11 Å². The topological polar surface area (TPSA) is 9.23 Å². The first kappa shape index (κ1) is 32.6. The first-order valence-corrected chi connectivity index (χ1v) is 15.1. The van der Waals surface area contributed by atoms with Crippen LogP contribution in [0.15, 0.2) is 78.9 Å². The van der Waals surface area contributed by atoms with Crippen LogP contribution in [0.3, 0.4) is 0 Å². The highest BCUT2D eigenvalue weighted by molar-refractivity contribution is 6.30. The zero-order valence-corrected chi connectivity index (χ0v) is 25.1. The first-order chi connectivity index (χ1) is 21.5. The van der Waals surface area contributed by atoms with Crippen LogP contribution >= 0.6 is 11.6 Å². The zero-order chi connectivity index (χ0) is 32.3. The van der Waals surface area contributed by atoms with Crippen molar-refractivity contribution in [2.75, 3.05) is 0 Å². The molecule has 0 atom stereocenters. The molecule has 9 heteroatoms. The minimum atomic E-state index is -4.67. The molecule has 1 fully saturated rings. The van der Waals surface area contributed by atoms with E-state index in [4.69, 9.17) is 11.6 Å². The molecule has 1 saturated carbocycles. The van der Waals surface area contributed by atoms with E-state index in [0.717, 1.165) is 44.1 Å². The molecular formula is C36H30ClF7O. The van der Waals surface area contributed by atoms with Crippen molar-refractivity contribution in [1.82, 2.24) is 0 Å². The second-order valence-corrected chi connectivity index (χ2v) is 11.7. The third-order valence-electron chi connectivity index (χ3n) is 8.17. The van der Waals surface area contributed by atoms with E-state index in [-0.39, 0.29) is 11.1 Å². The summed E-state index contributed by atoms with van der Waals surface area (Å²) in [5.74, 6) is -7.04. The van der Waals surface area contributed by atoms with E-state index >= 15 is 4.39 Å². The third-order valence-corrected chi connectivity index (χ3v) is 8.53. The Kier molecular flexibility index (Phi) is 9.92. The van der Waals surface area contributed by atoms with E-state index < -0.39 is 51.5 Å². The van der Waals surface area contributed by atoms with Gasteiger partial charge in [-0.25, -0.2) is 22.0 Å². The molecule has 4 aromatic rings. The molecule has 0 aliphatic heterocycles. The average molecular weight is 647 g/mol. The smallest absolute Gasteiger partial charge is 0.429 e. The van der Waals surface area contributed by atoms with E-state index in [2.05, 4.69) is 23.8 Å². The summed E-state index contributed by atoms with van der Waals surface area (Å²) in [6.45, 7) is 2.17. The van der Waals surface area contributed by atoms with Crippen LogP contribution in [0.4, 0.5) is 30.7 Å². The lowest BCUT2D eigenvalue weighted by Crippen LogP contribution is -2.25. The van der Waals surface area contributed by atoms with Crippen LogP contribution in [0.25, 0.3) is 22.3 Å². The lowest BCUT2D eigenvalue weighted by Gasteiger charge is -2.27. The summed E-state index contributed by atoms with van der Waals surface area (Å²) in [6.07, 6.45) is 6.71. The average Bonchev–Trinajstić information content (AvgIpc) is 2.99. The van der Waals surface area contributed by atoms with Gasteiger partial charge in [0.15, 0.2) is 0 Å². The number of rotatable bonds is 9. The highest BCUT2D eigenvalue weighted by Crippen LogP contribution is 2.40. The Morgan fingerprint density at radius 2 is 1.31 bits per heavy atom. The molecule has 0 unspecified atom stereocenters. The SMILES string of the molecule is CCC/C=C/C1CCC(c2ccc(-c3ccc(-c4cc(F)c(C(F)(F)Oc5cc(F)c(Cl)c(F)c5)c(F)c4)c(F)c3)cc2)CC1. The summed E-state index contributed by atoms with van der Waals surface area (Å²) >= 11 is 5.33. The third kappa shape index (κ3) is 7.38. The molecular weight excluding hydrogens is 617 g/mol. The van der Waals surface area contributed by atoms with Crippen molar-refractivity contribution in [3.63, 3.8) is 0 Å². The number of halogens is 8. The molecule has 1 aliphatic rings. The molecule has 1 nitrogen and oxygen atoms in total. The van der Waals surface area contributed by atoms with Gasteiger partial charge in [-0.15, -0.1) is 0 Å². The van der Waals surface area contributed by atoms with Crippen LogP contribution in [0.5, 0.6) is 5.75 Å². The highest BCUT2D eigenvalue weighted by Gasteiger charge is 2.41. The van der Waals surface area contributed by atoms with Gasteiger partial charge in [0.1, 0.15) is 45.4 Å². The van der Waals surface area contributed by atoms with E-state index in [1.165, 1.54) is 17.7 Å². The fourth-order valence-electron chi connectivity index (χ4n) is 5.77. The van der Waals surface area contributed by atoms with Crippen LogP contribution in [-0.4, -0.2) is 0 Å². The summed E-state index contributed by atoms with van der Waals surface area (Å²) in [7, 11) is 0. The first-order valence-electron chi connectivity index (χ1n) is 14.7. The van der Waals surface area contributed by atoms with Crippen molar-refractivity contribution in [1.29, 1.82) is 0 Å². The van der Waals surface area contributed by atoms with Crippen molar-refractivity contribution in [2.24, 2.45) is 5.92 Å². The van der Waals surface area contributed by atoms with Crippen LogP contribution in [0, 0.1) is 35.0 Å². The van der Waals surface area contributed by atoms with Crippen LogP contribution in [-0.2, 0) is 6.11 Å². The molecule has 4 aromatic carbocycles. The molecule has 0 heterocycles. The molecule has 0 N–H and O–H groups in total. The minimum Gasteiger partial charge on any atom is -0.429 e. The number of hydrogen-bond donors (Lipinski definition) is 0. The maximum atomic E-state index is 15.2. The zero-order valence-electron chi connectivity index (χ0n) is 24.3. The molecule has 0 aromatic heterocycles. The van der Waals surface area contributed by atoms with Crippen molar-refractivity contribution < 1.29 is 35.5 Å². The summed E-state index contributed by atoms with van der Waals surface area (Å²) < 4.78 is 106. The van der Waals surface area contributed by atoms with E-state index in [1.54, 1.807) is 6.07 Å². The number of ether oxygens (including phenoxy) is 1. The second kappa shape index (κ2) is 13.7. The molecule has 0 amide bonds. The van der Waals surface area contributed by atoms with Crippen molar-refractivity contribution in [3.05, 3.63) is 124 Å². The van der Waals surface area contributed by atoms with Gasteiger partial charge in [-0.2, -0.15) is 8.78 Å². The number of allylic oxidation sites excluding steroid dienone is 2. The van der Waals surface area contributed by atoms with Crippen LogP contribution in [0.1, 0.15) is 62.5 Å². The number of unbranched alkanes of at least 4 members (excludes halogenated alkanes) is 1. The molecule has 0 bridgehead atoms. The monoisotopic (exact) mass is 646 g/mol. The van der Waals surface area contributed by atoms with Crippen molar-refractivity contribution >= 4 is 11.6 Å². The van der Waals surface area contributed by atoms with Gasteiger partial charge in [0.25, 0.3) is 0 Å². The van der Waals surface area contributed by atoms with Crippen molar-refractivity contribution in [2.45, 2.75) is 57.5 Å². The van der Waals surface area contributed by atoms with Gasteiger partial charge in [0, 0.05) is 17.7 Å². The summed E-state index contributed by atoms with van der Waals surface area (Å²) in [5, 5.41) is -0.957. The largest absolute Gasteiger partial charge is 0.432 e. The Bertz CT molecular complexity index is 1650. The minimum absolute atomic E-state index is 0.212. The highest BCUT2D eigenvalue weighted by atomic mass is 35.5. The summed E-state index contributed by atoms with van der Waals surface area (Å²) in [5.41, 5.74) is 0.168. The number of hydrogen-bond acceptors (Lipinski definition) is 1. The van der Waals surface area contributed by atoms with Crippen LogP contribution in [0.2, 0.25) is 5.02 Å². The van der Waals surface area contributed by atoms with E-state index in [1.807, 2.05) is 24.3 Å². The predicted octanol–water partition coefficient (Wildman–Crippen LogP) is 12.1. The van der Waals surface area contributed by atoms with Gasteiger partial charge < -0.3 is 4.74 Å². The Labute approximate surface area is 262 Å². The normalized spacial score (nSPS) is 17.2. The van der Waals surface area contributed by atoms with Crippen LogP contribution < -0.4 is 4.74 Å². The van der Waals surface area contributed by atoms with Gasteiger partial charge in [-0.3, -0.25) is 0 Å². The maximum Gasteiger partial charge on any atom is 0.432 e. The predicted molar refractivity (Wildman–Crippen MR) is 162 cm³/mol. The van der Waals surface area contributed by atoms with Gasteiger partial charge in [-0.1, -0.05) is 73.5 Å². The Morgan fingerprint density at radius 3 is 1.89 bits per heavy atom. The fraction of sp³-hybridized carbons (Fsp3) is 0.278. The maximum absolute atomic E-state index is 15.2. The Hall–Kier alpha value is -3.78. The lowest BCUT2D eigenvalue weighted by molar-refractivity contribution is -0.189. The van der Waals surface area contributed by atoms with Gasteiger partial charge in [0.2, 0.25) is 0 Å². The molecule has 5 rings (SSSR count). The Balaban J connectivity index is 1.31. The standard InChI is InChI=1S/C36H30ClF7O/c1-2-3-4-5-21-6-8-22(9-7-21)23-10-12-24(13-11-23)25-14-15-28(29(38)16-25)26-17-30(39)34(31(40)18-26)36(43,44)45-27-19-32(41)35(37)33(42)20-27/h4-5,10-22H,2-3,6-9H2,1H3/b5-4+.